The maximum atomic E-state index is 12.7. The van der Waals surface area contributed by atoms with Crippen LogP contribution in [0.5, 0.6) is 0 Å². The number of amides is 1. The minimum absolute atomic E-state index is 0.0241. The molecule has 2 aromatic heterocycles. The lowest BCUT2D eigenvalue weighted by Crippen LogP contribution is -2.38. The lowest BCUT2D eigenvalue weighted by atomic mass is 10.1. The van der Waals surface area contributed by atoms with E-state index in [0.29, 0.717) is 23.7 Å². The van der Waals surface area contributed by atoms with Crippen molar-refractivity contribution in [3.8, 4) is 0 Å². The maximum Gasteiger partial charge on any atom is 0.319 e. The Hall–Kier alpha value is -2.87. The molecule has 0 saturated heterocycles. The van der Waals surface area contributed by atoms with Crippen LogP contribution in [0.25, 0.3) is 0 Å². The van der Waals surface area contributed by atoms with Gasteiger partial charge in [-0.1, -0.05) is 0 Å². The minimum atomic E-state index is -0.404. The van der Waals surface area contributed by atoms with E-state index in [-0.39, 0.29) is 25.0 Å². The number of hydrogen-bond donors (Lipinski definition) is 0. The van der Waals surface area contributed by atoms with Gasteiger partial charge in [-0.25, -0.2) is 5.01 Å². The third-order valence-corrected chi connectivity index (χ3v) is 3.87. The second-order valence-electron chi connectivity index (χ2n) is 5.75. The Morgan fingerprint density at radius 3 is 2.68 bits per heavy atom. The summed E-state index contributed by atoms with van der Waals surface area (Å²) in [4.78, 5) is 25.6. The molecule has 132 valence electrons. The molecule has 3 rings (SSSR count). The van der Waals surface area contributed by atoms with Gasteiger partial charge in [0.25, 0.3) is 5.91 Å². The van der Waals surface area contributed by atoms with Crippen molar-refractivity contribution in [1.82, 2.24) is 9.91 Å². The summed E-state index contributed by atoms with van der Waals surface area (Å²) >= 11 is 0. The Bertz CT molecular complexity index is 751. The van der Waals surface area contributed by atoms with Gasteiger partial charge in [0.1, 0.15) is 23.3 Å². The molecule has 1 aliphatic rings. The van der Waals surface area contributed by atoms with E-state index in [1.54, 1.807) is 42.7 Å². The second-order valence-corrected chi connectivity index (χ2v) is 5.75. The van der Waals surface area contributed by atoms with Crippen molar-refractivity contribution < 1.29 is 23.2 Å². The highest BCUT2D eigenvalue weighted by Gasteiger charge is 2.36. The number of furan rings is 2. The van der Waals surface area contributed by atoms with E-state index < -0.39 is 5.97 Å². The van der Waals surface area contributed by atoms with Crippen molar-refractivity contribution in [2.45, 2.75) is 12.5 Å². The average molecular weight is 345 g/mol. The molecule has 0 radical (unpaired) electrons. The molecular formula is C17H19N3O5. The van der Waals surface area contributed by atoms with Crippen molar-refractivity contribution in [1.29, 1.82) is 0 Å². The van der Waals surface area contributed by atoms with Gasteiger partial charge in [-0.3, -0.25) is 14.5 Å². The minimum Gasteiger partial charge on any atom is -0.468 e. The van der Waals surface area contributed by atoms with Gasteiger partial charge >= 0.3 is 5.97 Å². The first-order chi connectivity index (χ1) is 12.1. The normalized spacial score (nSPS) is 17.0. The third kappa shape index (κ3) is 3.80. The van der Waals surface area contributed by atoms with Crippen molar-refractivity contribution in [3.63, 3.8) is 0 Å². The second kappa shape index (κ2) is 7.35. The quantitative estimate of drug-likeness (QED) is 0.740. The molecule has 3 heterocycles. The van der Waals surface area contributed by atoms with E-state index in [4.69, 9.17) is 8.83 Å². The van der Waals surface area contributed by atoms with Crippen molar-refractivity contribution in [3.05, 3.63) is 48.3 Å². The molecule has 25 heavy (non-hydrogen) atoms. The predicted molar refractivity (Wildman–Crippen MR) is 87.7 cm³/mol. The van der Waals surface area contributed by atoms with E-state index in [9.17, 15) is 9.59 Å². The molecular weight excluding hydrogens is 326 g/mol. The molecule has 0 bridgehead atoms. The van der Waals surface area contributed by atoms with Gasteiger partial charge in [0.05, 0.1) is 32.7 Å². The predicted octanol–water partition coefficient (Wildman–Crippen LogP) is 1.66. The SMILES string of the molecule is COC(=O)CN(C)CC(=O)N1N=C(c2ccco2)C[C@@H]1c1ccco1. The first-order valence-electron chi connectivity index (χ1n) is 7.80. The summed E-state index contributed by atoms with van der Waals surface area (Å²) in [6.07, 6.45) is 3.62. The number of ether oxygens (including phenoxy) is 1. The fraction of sp³-hybridized carbons (Fsp3) is 0.353. The molecule has 8 heteroatoms. The fourth-order valence-electron chi connectivity index (χ4n) is 2.68. The highest BCUT2D eigenvalue weighted by molar-refractivity contribution is 6.01. The first-order valence-corrected chi connectivity index (χ1v) is 7.80. The van der Waals surface area contributed by atoms with Crippen LogP contribution in [-0.2, 0) is 14.3 Å². The molecule has 0 N–H and O–H groups in total. The van der Waals surface area contributed by atoms with Gasteiger partial charge in [0, 0.05) is 6.42 Å². The number of carbonyl (C=O) groups is 2. The maximum absolute atomic E-state index is 12.7. The molecule has 0 spiro atoms. The van der Waals surface area contributed by atoms with Gasteiger partial charge in [0.15, 0.2) is 0 Å². The summed E-state index contributed by atoms with van der Waals surface area (Å²) in [5.74, 6) is 0.623. The van der Waals surface area contributed by atoms with Crippen LogP contribution in [0, 0.1) is 0 Å². The lowest BCUT2D eigenvalue weighted by molar-refractivity contribution is -0.142. The summed E-state index contributed by atoms with van der Waals surface area (Å²) in [7, 11) is 2.98. The summed E-state index contributed by atoms with van der Waals surface area (Å²) in [5.41, 5.74) is 0.676. The number of carbonyl (C=O) groups excluding carboxylic acids is 2. The Kier molecular flexibility index (Phi) is 4.99. The number of hydrazone groups is 1. The molecule has 1 amide bonds. The van der Waals surface area contributed by atoms with E-state index >= 15 is 0 Å². The monoisotopic (exact) mass is 345 g/mol. The van der Waals surface area contributed by atoms with Crippen LogP contribution in [-0.4, -0.2) is 54.7 Å². The Morgan fingerprint density at radius 1 is 1.28 bits per heavy atom. The highest BCUT2D eigenvalue weighted by Crippen LogP contribution is 2.33. The van der Waals surface area contributed by atoms with Crippen LogP contribution in [0.1, 0.15) is 24.0 Å². The van der Waals surface area contributed by atoms with Crippen LogP contribution in [0.3, 0.4) is 0 Å². The Morgan fingerprint density at radius 2 is 2.04 bits per heavy atom. The fourth-order valence-corrected chi connectivity index (χ4v) is 2.68. The van der Waals surface area contributed by atoms with Gasteiger partial charge in [-0.2, -0.15) is 5.10 Å². The van der Waals surface area contributed by atoms with Crippen LogP contribution in [0.4, 0.5) is 0 Å². The summed E-state index contributed by atoms with van der Waals surface area (Å²) in [6.45, 7) is 0.0531. The van der Waals surface area contributed by atoms with E-state index in [1.165, 1.54) is 12.1 Å². The molecule has 8 nitrogen and oxygen atoms in total. The van der Waals surface area contributed by atoms with E-state index in [2.05, 4.69) is 9.84 Å². The molecule has 0 aromatic carbocycles. The zero-order valence-electron chi connectivity index (χ0n) is 14.0. The van der Waals surface area contributed by atoms with Crippen molar-refractivity contribution in [2.75, 3.05) is 27.2 Å². The molecule has 1 aliphatic heterocycles. The summed E-state index contributed by atoms with van der Waals surface area (Å²) in [6, 6.07) is 6.81. The van der Waals surface area contributed by atoms with Gasteiger partial charge < -0.3 is 13.6 Å². The molecule has 0 unspecified atom stereocenters. The molecule has 0 saturated carbocycles. The number of likely N-dealkylation sites (N-methyl/N-ethyl adjacent to an activating group) is 1. The zero-order valence-corrected chi connectivity index (χ0v) is 14.0. The van der Waals surface area contributed by atoms with Crippen molar-refractivity contribution in [2.24, 2.45) is 5.10 Å². The number of esters is 1. The molecule has 0 fully saturated rings. The average Bonchev–Trinajstić information content (AvgIpc) is 3.32. The number of nitrogens with zero attached hydrogens (tertiary/aromatic N) is 3. The van der Waals surface area contributed by atoms with Gasteiger partial charge in [-0.05, 0) is 31.3 Å². The highest BCUT2D eigenvalue weighted by atomic mass is 16.5. The number of rotatable bonds is 6. The summed E-state index contributed by atoms with van der Waals surface area (Å²) in [5, 5.41) is 5.82. The standard InChI is InChI=1S/C17H19N3O5/c1-19(11-17(22)23-2)10-16(21)20-13(15-6-4-8-25-15)9-12(18-20)14-5-3-7-24-14/h3-8,13H,9-11H2,1-2H3/t13-/m1/s1. The lowest BCUT2D eigenvalue weighted by Gasteiger charge is -2.22. The topological polar surface area (TPSA) is 88.5 Å². The van der Waals surface area contributed by atoms with Gasteiger partial charge in [0.2, 0.25) is 0 Å². The van der Waals surface area contributed by atoms with E-state index in [0.717, 1.165) is 0 Å². The molecule has 0 aliphatic carbocycles. The van der Waals surface area contributed by atoms with Crippen LogP contribution in [0.15, 0.2) is 50.7 Å². The molecule has 2 aromatic rings. The van der Waals surface area contributed by atoms with Crippen LogP contribution < -0.4 is 0 Å². The first kappa shape index (κ1) is 17.0. The Labute approximate surface area is 144 Å². The Balaban J connectivity index is 1.77. The largest absolute Gasteiger partial charge is 0.468 e. The number of hydrogen-bond acceptors (Lipinski definition) is 7. The molecule has 1 atom stereocenters. The summed E-state index contributed by atoms with van der Waals surface area (Å²) < 4.78 is 15.5. The third-order valence-electron chi connectivity index (χ3n) is 3.87. The smallest absolute Gasteiger partial charge is 0.319 e. The zero-order chi connectivity index (χ0) is 17.8. The van der Waals surface area contributed by atoms with Gasteiger partial charge in [-0.15, -0.1) is 0 Å². The van der Waals surface area contributed by atoms with E-state index in [1.807, 2.05) is 6.07 Å². The van der Waals surface area contributed by atoms with Crippen LogP contribution >= 0.6 is 0 Å². The van der Waals surface area contributed by atoms with Crippen molar-refractivity contribution >= 4 is 17.6 Å². The number of methoxy groups -OCH3 is 1. The van der Waals surface area contributed by atoms with Crippen LogP contribution in [0.2, 0.25) is 0 Å².